The minimum atomic E-state index is -0.742. The third kappa shape index (κ3) is 5.41. The number of hydrogen-bond donors (Lipinski definition) is 2. The lowest BCUT2D eigenvalue weighted by atomic mass is 10.1. The molecule has 3 aromatic heterocycles. The number of methoxy groups -OCH3 is 1. The number of rotatable bonds is 8. The molecule has 178 valence electrons. The molecular weight excluding hydrogens is 452 g/mol. The van der Waals surface area contributed by atoms with Crippen molar-refractivity contribution in [3.05, 3.63) is 109 Å². The molecule has 2 N–H and O–H groups in total. The first-order chi connectivity index (χ1) is 17.0. The maximum absolute atomic E-state index is 12.7. The molecule has 1 amide bonds. The Balaban J connectivity index is 1.46. The first-order valence-electron chi connectivity index (χ1n) is 10.7. The van der Waals surface area contributed by atoms with Gasteiger partial charge >= 0.3 is 5.69 Å². The van der Waals surface area contributed by atoms with E-state index >= 15 is 0 Å². The average molecular weight is 474 g/mol. The van der Waals surface area contributed by atoms with Gasteiger partial charge in [-0.1, -0.05) is 6.07 Å². The van der Waals surface area contributed by atoms with Gasteiger partial charge in [0.05, 0.1) is 31.6 Å². The Kier molecular flexibility index (Phi) is 6.96. The van der Waals surface area contributed by atoms with E-state index < -0.39 is 17.2 Å². The topological polar surface area (TPSA) is 141 Å². The third-order valence-electron chi connectivity index (χ3n) is 5.21. The highest BCUT2D eigenvalue weighted by Gasteiger charge is 2.15. The smallest absolute Gasteiger partial charge is 0.328 e. The summed E-state index contributed by atoms with van der Waals surface area (Å²) in [5, 5.41) is 6.94. The molecule has 0 bridgehead atoms. The van der Waals surface area contributed by atoms with Crippen LogP contribution in [0.3, 0.4) is 0 Å². The highest BCUT2D eigenvalue weighted by Crippen LogP contribution is 2.19. The van der Waals surface area contributed by atoms with Crippen molar-refractivity contribution in [1.29, 1.82) is 0 Å². The number of carbonyl (C=O) groups excluding carboxylic acids is 1. The number of hydrogen-bond acceptors (Lipinski definition) is 7. The molecule has 0 radical (unpaired) electrons. The van der Waals surface area contributed by atoms with E-state index in [2.05, 4.69) is 20.4 Å². The predicted octanol–water partition coefficient (Wildman–Crippen LogP) is 0.642. The van der Waals surface area contributed by atoms with Gasteiger partial charge in [0.25, 0.3) is 17.0 Å². The molecule has 0 atom stereocenters. The molecular formula is C24H22N6O5. The van der Waals surface area contributed by atoms with Gasteiger partial charge in [0.2, 0.25) is 0 Å². The van der Waals surface area contributed by atoms with Crippen LogP contribution >= 0.6 is 0 Å². The highest BCUT2D eigenvalue weighted by atomic mass is 16.5. The van der Waals surface area contributed by atoms with Crippen molar-refractivity contribution in [2.75, 3.05) is 13.7 Å². The van der Waals surface area contributed by atoms with Crippen LogP contribution in [0, 0.1) is 0 Å². The van der Waals surface area contributed by atoms with E-state index in [1.807, 2.05) is 12.1 Å². The van der Waals surface area contributed by atoms with E-state index in [1.165, 1.54) is 10.7 Å². The van der Waals surface area contributed by atoms with Crippen LogP contribution < -0.4 is 26.9 Å². The summed E-state index contributed by atoms with van der Waals surface area (Å²) in [6.45, 7) is 0.0459. The second kappa shape index (κ2) is 10.4. The van der Waals surface area contributed by atoms with E-state index in [4.69, 9.17) is 4.74 Å². The normalized spacial score (nSPS) is 10.7. The van der Waals surface area contributed by atoms with E-state index in [9.17, 15) is 19.2 Å². The van der Waals surface area contributed by atoms with Crippen LogP contribution in [-0.2, 0) is 13.1 Å². The molecule has 0 aliphatic rings. The van der Waals surface area contributed by atoms with Crippen molar-refractivity contribution in [2.45, 2.75) is 13.1 Å². The van der Waals surface area contributed by atoms with Crippen molar-refractivity contribution in [2.24, 2.45) is 0 Å². The summed E-state index contributed by atoms with van der Waals surface area (Å²) in [5.41, 5.74) is -0.0788. The van der Waals surface area contributed by atoms with Gasteiger partial charge in [-0.25, -0.2) is 9.48 Å². The number of aromatic amines is 1. The van der Waals surface area contributed by atoms with Crippen LogP contribution in [0.25, 0.3) is 11.3 Å². The quantitative estimate of drug-likeness (QED) is 0.382. The van der Waals surface area contributed by atoms with Crippen LogP contribution in [0.4, 0.5) is 0 Å². The number of amides is 1. The Morgan fingerprint density at radius 2 is 1.86 bits per heavy atom. The van der Waals surface area contributed by atoms with Gasteiger partial charge in [-0.3, -0.25) is 23.9 Å². The zero-order chi connectivity index (χ0) is 24.8. The Morgan fingerprint density at radius 3 is 2.57 bits per heavy atom. The SMILES string of the molecule is COc1ccc(-c2ccc(=O)n(CCNC(=O)c3c[nH]c(=O)n(Cc4ccccn4)c3=O)n2)cc1. The second-order valence-corrected chi connectivity index (χ2v) is 7.48. The van der Waals surface area contributed by atoms with Crippen LogP contribution in [0.2, 0.25) is 0 Å². The monoisotopic (exact) mass is 474 g/mol. The van der Waals surface area contributed by atoms with Crippen molar-refractivity contribution in [1.82, 2.24) is 29.6 Å². The summed E-state index contributed by atoms with van der Waals surface area (Å²) in [6, 6.07) is 15.4. The fourth-order valence-electron chi connectivity index (χ4n) is 3.37. The average Bonchev–Trinajstić information content (AvgIpc) is 2.88. The molecule has 0 saturated heterocycles. The van der Waals surface area contributed by atoms with Gasteiger partial charge in [0, 0.05) is 30.6 Å². The van der Waals surface area contributed by atoms with Gasteiger partial charge in [0.15, 0.2) is 0 Å². The standard InChI is InChI=1S/C24H22N6O5/c1-35-18-7-5-16(6-8-18)20-9-10-21(31)30(28-20)13-12-26-22(32)19-14-27-24(34)29(23(19)33)15-17-4-2-3-11-25-17/h2-11,14H,12-13,15H2,1H3,(H,26,32)(H,27,34). The lowest BCUT2D eigenvalue weighted by molar-refractivity contribution is 0.0949. The van der Waals surface area contributed by atoms with Gasteiger partial charge in [-0.2, -0.15) is 5.10 Å². The number of aromatic nitrogens is 5. The molecule has 3 heterocycles. The van der Waals surface area contributed by atoms with E-state index in [-0.39, 0.29) is 30.8 Å². The van der Waals surface area contributed by atoms with Crippen LogP contribution in [0.15, 0.2) is 81.4 Å². The number of nitrogens with zero attached hydrogens (tertiary/aromatic N) is 4. The van der Waals surface area contributed by atoms with E-state index in [0.717, 1.165) is 16.3 Å². The second-order valence-electron chi connectivity index (χ2n) is 7.48. The lowest BCUT2D eigenvalue weighted by Gasteiger charge is -2.10. The summed E-state index contributed by atoms with van der Waals surface area (Å²) in [4.78, 5) is 56.2. The van der Waals surface area contributed by atoms with E-state index in [1.54, 1.807) is 49.7 Å². The molecule has 0 fully saturated rings. The Labute approximate surface area is 198 Å². The summed E-state index contributed by atoms with van der Waals surface area (Å²) >= 11 is 0. The molecule has 11 nitrogen and oxygen atoms in total. The minimum Gasteiger partial charge on any atom is -0.497 e. The number of ether oxygens (including phenoxy) is 1. The van der Waals surface area contributed by atoms with Crippen LogP contribution in [-0.4, -0.2) is 43.9 Å². The highest BCUT2D eigenvalue weighted by molar-refractivity contribution is 5.93. The number of benzene rings is 1. The predicted molar refractivity (Wildman–Crippen MR) is 127 cm³/mol. The molecule has 0 saturated carbocycles. The summed E-state index contributed by atoms with van der Waals surface area (Å²) < 4.78 is 7.28. The summed E-state index contributed by atoms with van der Waals surface area (Å²) in [6.07, 6.45) is 2.62. The van der Waals surface area contributed by atoms with Crippen LogP contribution in [0.1, 0.15) is 16.1 Å². The molecule has 0 aliphatic carbocycles. The molecule has 4 aromatic rings. The third-order valence-corrected chi connectivity index (χ3v) is 5.21. The van der Waals surface area contributed by atoms with Crippen molar-refractivity contribution >= 4 is 5.91 Å². The maximum atomic E-state index is 12.7. The molecule has 4 rings (SSSR count). The Bertz CT molecular complexity index is 1510. The van der Waals surface area contributed by atoms with Crippen LogP contribution in [0.5, 0.6) is 5.75 Å². The van der Waals surface area contributed by atoms with Crippen molar-refractivity contribution < 1.29 is 9.53 Å². The number of pyridine rings is 1. The molecule has 1 aromatic carbocycles. The minimum absolute atomic E-state index is 0.0383. The number of H-pyrrole nitrogens is 1. The fraction of sp³-hybridized carbons (Fsp3) is 0.167. The van der Waals surface area contributed by atoms with Gasteiger partial charge in [0.1, 0.15) is 11.3 Å². The lowest BCUT2D eigenvalue weighted by Crippen LogP contribution is -2.41. The molecule has 11 heteroatoms. The Hall–Kier alpha value is -4.80. The summed E-state index contributed by atoms with van der Waals surface area (Å²) in [7, 11) is 1.57. The van der Waals surface area contributed by atoms with Crippen molar-refractivity contribution in [3.8, 4) is 17.0 Å². The summed E-state index contributed by atoms with van der Waals surface area (Å²) in [5.74, 6) is 0.0199. The fourth-order valence-corrected chi connectivity index (χ4v) is 3.37. The molecule has 0 aliphatic heterocycles. The Morgan fingerprint density at radius 1 is 1.06 bits per heavy atom. The van der Waals surface area contributed by atoms with Gasteiger partial charge in [-0.15, -0.1) is 0 Å². The van der Waals surface area contributed by atoms with E-state index in [0.29, 0.717) is 17.1 Å². The zero-order valence-electron chi connectivity index (χ0n) is 18.8. The zero-order valence-corrected chi connectivity index (χ0v) is 18.8. The first-order valence-corrected chi connectivity index (χ1v) is 10.7. The van der Waals surface area contributed by atoms with Crippen molar-refractivity contribution in [3.63, 3.8) is 0 Å². The molecule has 35 heavy (non-hydrogen) atoms. The molecule has 0 unspecified atom stereocenters. The number of carbonyl (C=O) groups is 1. The van der Waals surface area contributed by atoms with Gasteiger partial charge in [-0.05, 0) is 42.5 Å². The maximum Gasteiger partial charge on any atom is 0.328 e. The first kappa shape index (κ1) is 23.4. The molecule has 0 spiro atoms. The largest absolute Gasteiger partial charge is 0.497 e. The number of nitrogens with one attached hydrogen (secondary N) is 2. The van der Waals surface area contributed by atoms with Gasteiger partial charge < -0.3 is 15.0 Å².